The first kappa shape index (κ1) is 14.5. The van der Waals surface area contributed by atoms with E-state index in [9.17, 15) is 0 Å². The van der Waals surface area contributed by atoms with E-state index in [1.807, 2.05) is 24.3 Å². The normalized spacial score (nSPS) is 12.8. The van der Waals surface area contributed by atoms with Crippen LogP contribution in [0.5, 0.6) is 0 Å². The van der Waals surface area contributed by atoms with Crippen molar-refractivity contribution in [3.63, 3.8) is 0 Å². The number of hydrogen-bond donors (Lipinski definition) is 0. The van der Waals surface area contributed by atoms with Gasteiger partial charge < -0.3 is 0 Å². The number of halogens is 5. The second-order valence-electron chi connectivity index (χ2n) is 3.31. The van der Waals surface area contributed by atoms with Crippen molar-refractivity contribution in [3.05, 3.63) is 51.9 Å². The third-order valence-electron chi connectivity index (χ3n) is 2.19. The Morgan fingerprint density at radius 2 is 1.71 bits per heavy atom. The maximum atomic E-state index is 6.52. The molecule has 2 rings (SSSR count). The molecule has 0 saturated carbocycles. The van der Waals surface area contributed by atoms with Crippen LogP contribution in [0, 0.1) is 0 Å². The lowest BCUT2D eigenvalue weighted by Gasteiger charge is -2.11. The molecule has 2 aromatic rings. The monoisotopic (exact) mass is 520 g/mol. The summed E-state index contributed by atoms with van der Waals surface area (Å²) in [4.78, 5) is 0. The SMILES string of the molecule is ClC(c1ccc(Br)cc1Br)c1cc(Br)sc1Br. The van der Waals surface area contributed by atoms with Gasteiger partial charge in [0.05, 0.1) is 12.9 Å². The van der Waals surface area contributed by atoms with Gasteiger partial charge in [0.25, 0.3) is 0 Å². The molecule has 0 aliphatic rings. The summed E-state index contributed by atoms with van der Waals surface area (Å²) in [5.41, 5.74) is 2.13. The van der Waals surface area contributed by atoms with Crippen LogP contribution in [0.15, 0.2) is 40.8 Å². The smallest absolute Gasteiger partial charge is 0.0865 e. The average Bonchev–Trinajstić information content (AvgIpc) is 2.57. The quantitative estimate of drug-likeness (QED) is 0.367. The van der Waals surface area contributed by atoms with Gasteiger partial charge in [0.2, 0.25) is 0 Å². The highest BCUT2D eigenvalue weighted by Gasteiger charge is 2.19. The molecule has 17 heavy (non-hydrogen) atoms. The van der Waals surface area contributed by atoms with E-state index in [0.29, 0.717) is 0 Å². The standard InChI is InChI=1S/C11H5Br4ClS/c12-5-1-2-6(8(13)3-5)10(16)7-4-9(14)17-11(7)15/h1-4,10H. The van der Waals surface area contributed by atoms with Crippen molar-refractivity contribution < 1.29 is 0 Å². The Kier molecular flexibility index (Phi) is 5.18. The van der Waals surface area contributed by atoms with Crippen LogP contribution in [-0.4, -0.2) is 0 Å². The summed E-state index contributed by atoms with van der Waals surface area (Å²) >= 11 is 22.1. The van der Waals surface area contributed by atoms with Crippen molar-refractivity contribution in [3.8, 4) is 0 Å². The van der Waals surface area contributed by atoms with Crippen molar-refractivity contribution in [1.82, 2.24) is 0 Å². The number of hydrogen-bond acceptors (Lipinski definition) is 1. The van der Waals surface area contributed by atoms with E-state index in [0.717, 1.165) is 27.6 Å². The van der Waals surface area contributed by atoms with Crippen LogP contribution in [-0.2, 0) is 0 Å². The van der Waals surface area contributed by atoms with Crippen molar-refractivity contribution >= 4 is 86.7 Å². The van der Waals surface area contributed by atoms with Crippen LogP contribution in [0.3, 0.4) is 0 Å². The van der Waals surface area contributed by atoms with Crippen LogP contribution in [0.2, 0.25) is 0 Å². The maximum absolute atomic E-state index is 6.52. The number of thiophene rings is 1. The van der Waals surface area contributed by atoms with Crippen molar-refractivity contribution in [2.45, 2.75) is 5.38 Å². The first-order chi connectivity index (χ1) is 7.99. The Labute approximate surface area is 142 Å². The zero-order valence-electron chi connectivity index (χ0n) is 8.18. The molecule has 1 heterocycles. The molecule has 0 nitrogen and oxygen atoms in total. The molecule has 0 saturated heterocycles. The van der Waals surface area contributed by atoms with Gasteiger partial charge in [0.15, 0.2) is 0 Å². The molecule has 1 atom stereocenters. The van der Waals surface area contributed by atoms with E-state index in [-0.39, 0.29) is 5.38 Å². The zero-order chi connectivity index (χ0) is 12.6. The summed E-state index contributed by atoms with van der Waals surface area (Å²) < 4.78 is 4.15. The Bertz CT molecular complexity index is 552. The van der Waals surface area contributed by atoms with Gasteiger partial charge in [0, 0.05) is 14.5 Å². The van der Waals surface area contributed by atoms with Crippen molar-refractivity contribution in [2.24, 2.45) is 0 Å². The molecule has 1 aromatic heterocycles. The highest BCUT2D eigenvalue weighted by atomic mass is 79.9. The predicted molar refractivity (Wildman–Crippen MR) is 89.3 cm³/mol. The van der Waals surface area contributed by atoms with E-state index >= 15 is 0 Å². The van der Waals surface area contributed by atoms with Gasteiger partial charge in [-0.05, 0) is 55.6 Å². The fraction of sp³-hybridized carbons (Fsp3) is 0.0909. The highest BCUT2D eigenvalue weighted by Crippen LogP contribution is 2.42. The highest BCUT2D eigenvalue weighted by molar-refractivity contribution is 9.12. The summed E-state index contributed by atoms with van der Waals surface area (Å²) in [6, 6.07) is 8.05. The van der Waals surface area contributed by atoms with E-state index in [1.54, 1.807) is 11.3 Å². The van der Waals surface area contributed by atoms with E-state index in [4.69, 9.17) is 11.6 Å². The molecule has 0 spiro atoms. The Morgan fingerprint density at radius 3 is 2.24 bits per heavy atom. The Morgan fingerprint density at radius 1 is 1.00 bits per heavy atom. The lowest BCUT2D eigenvalue weighted by molar-refractivity contribution is 1.13. The molecule has 0 radical (unpaired) electrons. The van der Waals surface area contributed by atoms with Gasteiger partial charge in [-0.2, -0.15) is 0 Å². The van der Waals surface area contributed by atoms with Crippen LogP contribution < -0.4 is 0 Å². The number of rotatable bonds is 2. The average molecular weight is 524 g/mol. The first-order valence-corrected chi connectivity index (χ1v) is 8.95. The van der Waals surface area contributed by atoms with E-state index in [1.165, 1.54) is 0 Å². The van der Waals surface area contributed by atoms with Crippen LogP contribution in [0.1, 0.15) is 16.5 Å². The number of benzene rings is 1. The molecule has 0 N–H and O–H groups in total. The summed E-state index contributed by atoms with van der Waals surface area (Å²) in [5.74, 6) is 0. The summed E-state index contributed by atoms with van der Waals surface area (Å²) in [5, 5.41) is -0.172. The van der Waals surface area contributed by atoms with Gasteiger partial charge in [-0.25, -0.2) is 0 Å². The molecule has 90 valence electrons. The molecular formula is C11H5Br4ClS. The third-order valence-corrected chi connectivity index (χ3v) is 6.23. The largest absolute Gasteiger partial charge is 0.121 e. The van der Waals surface area contributed by atoms with Crippen LogP contribution in [0.4, 0.5) is 0 Å². The van der Waals surface area contributed by atoms with Crippen molar-refractivity contribution in [2.75, 3.05) is 0 Å². The summed E-state index contributed by atoms with van der Waals surface area (Å²) in [7, 11) is 0. The van der Waals surface area contributed by atoms with Gasteiger partial charge in [-0.3, -0.25) is 0 Å². The molecule has 0 bridgehead atoms. The molecule has 0 aliphatic heterocycles. The van der Waals surface area contributed by atoms with Gasteiger partial charge in [0.1, 0.15) is 0 Å². The minimum absolute atomic E-state index is 0.172. The fourth-order valence-corrected chi connectivity index (χ4v) is 6.27. The van der Waals surface area contributed by atoms with E-state index in [2.05, 4.69) is 63.7 Å². The second-order valence-corrected chi connectivity index (χ2v) is 9.26. The summed E-state index contributed by atoms with van der Waals surface area (Å²) in [6.45, 7) is 0. The molecule has 1 unspecified atom stereocenters. The molecular weight excluding hydrogens is 519 g/mol. The van der Waals surface area contributed by atoms with Gasteiger partial charge >= 0.3 is 0 Å². The summed E-state index contributed by atoms with van der Waals surface area (Å²) in [6.07, 6.45) is 0. The van der Waals surface area contributed by atoms with E-state index < -0.39 is 0 Å². The zero-order valence-corrected chi connectivity index (χ0v) is 16.1. The second kappa shape index (κ2) is 6.06. The Hall–Kier alpha value is 1.13. The minimum Gasteiger partial charge on any atom is -0.121 e. The molecule has 0 aliphatic carbocycles. The molecule has 0 amide bonds. The predicted octanol–water partition coefficient (Wildman–Crippen LogP) is 7.13. The third kappa shape index (κ3) is 3.37. The Balaban J connectivity index is 2.43. The fourth-order valence-electron chi connectivity index (χ4n) is 1.40. The van der Waals surface area contributed by atoms with Gasteiger partial charge in [-0.15, -0.1) is 22.9 Å². The van der Waals surface area contributed by atoms with Crippen molar-refractivity contribution in [1.29, 1.82) is 0 Å². The number of alkyl halides is 1. The van der Waals surface area contributed by atoms with Crippen LogP contribution >= 0.6 is 86.7 Å². The first-order valence-electron chi connectivity index (χ1n) is 4.53. The van der Waals surface area contributed by atoms with Gasteiger partial charge in [-0.1, -0.05) is 37.9 Å². The minimum atomic E-state index is -0.172. The van der Waals surface area contributed by atoms with Crippen LogP contribution in [0.25, 0.3) is 0 Å². The topological polar surface area (TPSA) is 0 Å². The molecule has 1 aromatic carbocycles. The lowest BCUT2D eigenvalue weighted by atomic mass is 10.1. The molecule has 6 heteroatoms. The molecule has 0 fully saturated rings. The maximum Gasteiger partial charge on any atom is 0.0865 e. The lowest BCUT2D eigenvalue weighted by Crippen LogP contribution is -1.93.